The molecule has 29 heavy (non-hydrogen) atoms. The zero-order chi connectivity index (χ0) is 20.6. The summed E-state index contributed by atoms with van der Waals surface area (Å²) in [5, 5.41) is 0. The first-order valence-electron chi connectivity index (χ1n) is 9.98. The second-order valence-electron chi connectivity index (χ2n) is 7.81. The van der Waals surface area contributed by atoms with Gasteiger partial charge in [-0.15, -0.1) is 0 Å². The van der Waals surface area contributed by atoms with Crippen molar-refractivity contribution >= 4 is 17.6 Å². The van der Waals surface area contributed by atoms with Crippen molar-refractivity contribution in [1.29, 1.82) is 0 Å². The number of nitrogens with zero attached hydrogens (tertiary/aromatic N) is 3. The SMILES string of the molecule is CCOC(=O)c1cncnc1N1CCC2(CC1)CC(=O)c1c(C)cc(C)cc1O2. The molecule has 7 nitrogen and oxygen atoms in total. The van der Waals surface area contributed by atoms with Gasteiger partial charge in [-0.25, -0.2) is 14.8 Å². The standard InChI is InChI=1S/C22H25N3O4/c1-4-28-21(27)16-12-23-13-24-20(16)25-7-5-22(6-8-25)11-17(26)19-15(3)9-14(2)10-18(19)29-22/h9-10,12-13H,4-8,11H2,1-3H3. The normalized spacial score (nSPS) is 17.6. The molecule has 7 heteroatoms. The van der Waals surface area contributed by atoms with E-state index in [1.807, 2.05) is 30.9 Å². The maximum Gasteiger partial charge on any atom is 0.343 e. The lowest BCUT2D eigenvalue weighted by Gasteiger charge is -2.44. The van der Waals surface area contributed by atoms with Crippen LogP contribution < -0.4 is 9.64 Å². The molecule has 3 heterocycles. The Morgan fingerprint density at radius 3 is 2.76 bits per heavy atom. The average molecular weight is 395 g/mol. The molecule has 0 saturated carbocycles. The molecule has 0 radical (unpaired) electrons. The van der Waals surface area contributed by atoms with Crippen molar-refractivity contribution in [1.82, 2.24) is 9.97 Å². The fourth-order valence-electron chi connectivity index (χ4n) is 4.35. The minimum absolute atomic E-state index is 0.145. The Hall–Kier alpha value is -2.96. The van der Waals surface area contributed by atoms with Crippen LogP contribution in [0.5, 0.6) is 5.75 Å². The average Bonchev–Trinajstić information content (AvgIpc) is 2.68. The first-order chi connectivity index (χ1) is 13.9. The molecule has 2 aromatic rings. The topological polar surface area (TPSA) is 81.6 Å². The van der Waals surface area contributed by atoms with Gasteiger partial charge in [0.15, 0.2) is 5.78 Å². The number of rotatable bonds is 3. The Morgan fingerprint density at radius 1 is 1.28 bits per heavy atom. The van der Waals surface area contributed by atoms with Crippen LogP contribution in [0.1, 0.15) is 58.0 Å². The van der Waals surface area contributed by atoms with Gasteiger partial charge < -0.3 is 14.4 Å². The fraction of sp³-hybridized carbons (Fsp3) is 0.455. The number of ketones is 1. The van der Waals surface area contributed by atoms with Crippen molar-refractivity contribution in [2.45, 2.75) is 45.6 Å². The van der Waals surface area contributed by atoms with E-state index in [2.05, 4.69) is 9.97 Å². The van der Waals surface area contributed by atoms with Crippen molar-refractivity contribution in [2.24, 2.45) is 0 Å². The summed E-state index contributed by atoms with van der Waals surface area (Å²) >= 11 is 0. The van der Waals surface area contributed by atoms with Crippen LogP contribution in [0, 0.1) is 13.8 Å². The van der Waals surface area contributed by atoms with E-state index in [1.165, 1.54) is 12.5 Å². The molecule has 0 aliphatic carbocycles. The lowest BCUT2D eigenvalue weighted by Crippen LogP contribution is -2.51. The van der Waals surface area contributed by atoms with Gasteiger partial charge in [-0.05, 0) is 38.0 Å². The number of hydrogen-bond donors (Lipinski definition) is 0. The molecule has 1 aromatic carbocycles. The smallest absolute Gasteiger partial charge is 0.343 e. The molecule has 1 aromatic heterocycles. The Morgan fingerprint density at radius 2 is 2.03 bits per heavy atom. The van der Waals surface area contributed by atoms with Crippen LogP contribution in [-0.2, 0) is 4.74 Å². The van der Waals surface area contributed by atoms with Crippen LogP contribution in [0.2, 0.25) is 0 Å². The van der Waals surface area contributed by atoms with Gasteiger partial charge in [0, 0.05) is 32.1 Å². The lowest BCUT2D eigenvalue weighted by molar-refractivity contribution is 0.0229. The number of carbonyl (C=O) groups is 2. The minimum Gasteiger partial charge on any atom is -0.486 e. The highest BCUT2D eigenvalue weighted by molar-refractivity contribution is 6.02. The first kappa shape index (κ1) is 19.4. The Bertz CT molecular complexity index is 965. The van der Waals surface area contributed by atoms with Crippen LogP contribution in [0.3, 0.4) is 0 Å². The number of aromatic nitrogens is 2. The largest absolute Gasteiger partial charge is 0.486 e. The molecule has 0 atom stereocenters. The van der Waals surface area contributed by atoms with Crippen molar-refractivity contribution in [2.75, 3.05) is 24.6 Å². The van der Waals surface area contributed by atoms with Gasteiger partial charge in [-0.3, -0.25) is 4.79 Å². The number of Topliss-reactive ketones (excluding diaryl/α,β-unsaturated/α-hetero) is 1. The Balaban J connectivity index is 1.55. The summed E-state index contributed by atoms with van der Waals surface area (Å²) < 4.78 is 11.6. The van der Waals surface area contributed by atoms with E-state index < -0.39 is 11.6 Å². The minimum atomic E-state index is -0.502. The number of anilines is 1. The van der Waals surface area contributed by atoms with Crippen LogP contribution in [-0.4, -0.2) is 47.0 Å². The monoisotopic (exact) mass is 395 g/mol. The van der Waals surface area contributed by atoms with Crippen LogP contribution in [0.25, 0.3) is 0 Å². The highest BCUT2D eigenvalue weighted by atomic mass is 16.5. The number of aryl methyl sites for hydroxylation is 2. The fourth-order valence-corrected chi connectivity index (χ4v) is 4.35. The maximum atomic E-state index is 12.9. The van der Waals surface area contributed by atoms with E-state index in [9.17, 15) is 9.59 Å². The van der Waals surface area contributed by atoms with Gasteiger partial charge in [0.2, 0.25) is 0 Å². The first-order valence-corrected chi connectivity index (χ1v) is 9.98. The van der Waals surface area contributed by atoms with E-state index in [0.29, 0.717) is 61.7 Å². The maximum absolute atomic E-state index is 12.9. The van der Waals surface area contributed by atoms with Crippen LogP contribution >= 0.6 is 0 Å². The van der Waals surface area contributed by atoms with Gasteiger partial charge in [-0.2, -0.15) is 0 Å². The summed E-state index contributed by atoms with van der Waals surface area (Å²) in [5.41, 5.74) is 2.63. The number of fused-ring (bicyclic) bond motifs is 1. The number of ether oxygens (including phenoxy) is 2. The second-order valence-corrected chi connectivity index (χ2v) is 7.81. The molecule has 152 valence electrons. The van der Waals surface area contributed by atoms with Crippen molar-refractivity contribution in [3.8, 4) is 5.75 Å². The summed E-state index contributed by atoms with van der Waals surface area (Å²) in [6, 6.07) is 3.98. The third-order valence-electron chi connectivity index (χ3n) is 5.69. The van der Waals surface area contributed by atoms with Gasteiger partial charge in [0.25, 0.3) is 0 Å². The summed E-state index contributed by atoms with van der Waals surface area (Å²) in [6.45, 7) is 7.31. The second kappa shape index (κ2) is 7.46. The molecule has 1 saturated heterocycles. The third kappa shape index (κ3) is 3.57. The number of piperidine rings is 1. The third-order valence-corrected chi connectivity index (χ3v) is 5.69. The highest BCUT2D eigenvalue weighted by Crippen LogP contribution is 2.41. The molecule has 2 aliphatic heterocycles. The summed E-state index contributed by atoms with van der Waals surface area (Å²) in [6.07, 6.45) is 4.67. The molecule has 1 spiro atoms. The number of benzene rings is 1. The van der Waals surface area contributed by atoms with E-state index in [1.54, 1.807) is 6.92 Å². The van der Waals surface area contributed by atoms with E-state index in [-0.39, 0.29) is 5.78 Å². The molecular formula is C22H25N3O4. The van der Waals surface area contributed by atoms with Crippen molar-refractivity contribution < 1.29 is 19.1 Å². The summed E-state index contributed by atoms with van der Waals surface area (Å²) in [4.78, 5) is 35.5. The van der Waals surface area contributed by atoms with Gasteiger partial charge in [-0.1, -0.05) is 6.07 Å². The molecule has 4 rings (SSSR count). The molecule has 0 amide bonds. The van der Waals surface area contributed by atoms with E-state index >= 15 is 0 Å². The van der Waals surface area contributed by atoms with Crippen LogP contribution in [0.15, 0.2) is 24.7 Å². The Kier molecular flexibility index (Phi) is 4.98. The Labute approximate surface area is 170 Å². The predicted octanol–water partition coefficient (Wildman–Crippen LogP) is 3.27. The molecule has 2 aliphatic rings. The molecule has 0 unspecified atom stereocenters. The van der Waals surface area contributed by atoms with E-state index in [0.717, 1.165) is 11.1 Å². The van der Waals surface area contributed by atoms with Gasteiger partial charge in [0.05, 0.1) is 18.6 Å². The van der Waals surface area contributed by atoms with Crippen LogP contribution in [0.4, 0.5) is 5.82 Å². The predicted molar refractivity (Wildman–Crippen MR) is 108 cm³/mol. The molecule has 1 fully saturated rings. The quantitative estimate of drug-likeness (QED) is 0.738. The number of hydrogen-bond acceptors (Lipinski definition) is 7. The zero-order valence-electron chi connectivity index (χ0n) is 17.0. The van der Waals surface area contributed by atoms with Crippen molar-refractivity contribution in [3.63, 3.8) is 0 Å². The number of esters is 1. The van der Waals surface area contributed by atoms with E-state index in [4.69, 9.17) is 9.47 Å². The summed E-state index contributed by atoms with van der Waals surface area (Å²) in [7, 11) is 0. The van der Waals surface area contributed by atoms with Gasteiger partial charge >= 0.3 is 5.97 Å². The summed E-state index contributed by atoms with van der Waals surface area (Å²) in [5.74, 6) is 0.989. The zero-order valence-corrected chi connectivity index (χ0v) is 17.0. The lowest BCUT2D eigenvalue weighted by atomic mass is 9.81. The molecule has 0 bridgehead atoms. The van der Waals surface area contributed by atoms with Crippen molar-refractivity contribution in [3.05, 3.63) is 46.9 Å². The molecule has 0 N–H and O–H groups in total. The number of carbonyl (C=O) groups excluding carboxylic acids is 2. The van der Waals surface area contributed by atoms with Gasteiger partial charge in [0.1, 0.15) is 29.1 Å². The highest BCUT2D eigenvalue weighted by Gasteiger charge is 2.44. The molecular weight excluding hydrogens is 370 g/mol.